The molecule has 0 amide bonds. The second kappa shape index (κ2) is 7.21. The maximum absolute atomic E-state index is 12.6. The van der Waals surface area contributed by atoms with Crippen LogP contribution in [0, 0.1) is 0 Å². The molecule has 1 aromatic carbocycles. The minimum Gasteiger partial charge on any atom is -0.254 e. The molecule has 1 atom stereocenters. The standard InChI is InChI=1S/C18H28OS/c1-8-9-20(19)18-16(13(4)5)10-15(12(2)3)11-17(18)14(6)7/h8,10-14H,1,9H2,2-7H3. The molecule has 0 fully saturated rings. The molecular formula is C18H28OS. The van der Waals surface area contributed by atoms with Crippen molar-refractivity contribution in [2.45, 2.75) is 64.2 Å². The summed E-state index contributed by atoms with van der Waals surface area (Å²) in [4.78, 5) is 1.04. The summed E-state index contributed by atoms with van der Waals surface area (Å²) in [7, 11) is -0.987. The van der Waals surface area contributed by atoms with Crippen LogP contribution in [0.3, 0.4) is 0 Å². The Bertz CT molecular complexity index is 469. The predicted molar refractivity (Wildman–Crippen MR) is 90.2 cm³/mol. The lowest BCUT2D eigenvalue weighted by atomic mass is 9.89. The normalized spacial score (nSPS) is 13.2. The molecule has 0 N–H and O–H groups in total. The van der Waals surface area contributed by atoms with Crippen LogP contribution in [0.1, 0.15) is 76.0 Å². The van der Waals surface area contributed by atoms with E-state index in [1.807, 2.05) is 0 Å². The summed E-state index contributed by atoms with van der Waals surface area (Å²) in [6.45, 7) is 16.9. The predicted octanol–water partition coefficient (Wildman–Crippen LogP) is 5.35. The van der Waals surface area contributed by atoms with Crippen molar-refractivity contribution in [1.29, 1.82) is 0 Å². The highest BCUT2D eigenvalue weighted by molar-refractivity contribution is 7.85. The molecule has 0 saturated heterocycles. The van der Waals surface area contributed by atoms with Crippen LogP contribution in [0.15, 0.2) is 29.7 Å². The van der Waals surface area contributed by atoms with Gasteiger partial charge in [-0.05, 0) is 34.4 Å². The minimum absolute atomic E-state index is 0.384. The van der Waals surface area contributed by atoms with Gasteiger partial charge < -0.3 is 0 Å². The Morgan fingerprint density at radius 1 is 1.00 bits per heavy atom. The van der Waals surface area contributed by atoms with E-state index in [1.54, 1.807) is 6.08 Å². The highest BCUT2D eigenvalue weighted by atomic mass is 32.2. The van der Waals surface area contributed by atoms with Crippen LogP contribution < -0.4 is 0 Å². The van der Waals surface area contributed by atoms with Gasteiger partial charge in [-0.1, -0.05) is 59.8 Å². The first-order valence-corrected chi connectivity index (χ1v) is 8.78. The summed E-state index contributed by atoms with van der Waals surface area (Å²) < 4.78 is 12.6. The minimum atomic E-state index is -0.987. The summed E-state index contributed by atoms with van der Waals surface area (Å²) in [6.07, 6.45) is 1.75. The zero-order chi connectivity index (χ0) is 15.4. The highest BCUT2D eigenvalue weighted by Gasteiger charge is 2.20. The van der Waals surface area contributed by atoms with Crippen molar-refractivity contribution in [3.05, 3.63) is 41.5 Å². The van der Waals surface area contributed by atoms with Crippen LogP contribution in [0.2, 0.25) is 0 Å². The third-order valence-electron chi connectivity index (χ3n) is 3.58. The molecule has 0 aromatic heterocycles. The fourth-order valence-electron chi connectivity index (χ4n) is 2.34. The van der Waals surface area contributed by atoms with E-state index in [0.29, 0.717) is 23.5 Å². The molecule has 0 aliphatic rings. The summed E-state index contributed by atoms with van der Waals surface area (Å²) in [6, 6.07) is 4.50. The van der Waals surface area contributed by atoms with E-state index < -0.39 is 10.8 Å². The second-order valence-electron chi connectivity index (χ2n) is 6.29. The molecule has 112 valence electrons. The lowest BCUT2D eigenvalue weighted by molar-refractivity contribution is 0.678. The van der Waals surface area contributed by atoms with Gasteiger partial charge in [-0.25, -0.2) is 0 Å². The fraction of sp³-hybridized carbons (Fsp3) is 0.556. The van der Waals surface area contributed by atoms with Crippen molar-refractivity contribution in [3.63, 3.8) is 0 Å². The Hall–Kier alpha value is -0.890. The maximum atomic E-state index is 12.6. The number of hydrogen-bond acceptors (Lipinski definition) is 1. The van der Waals surface area contributed by atoms with Gasteiger partial charge >= 0.3 is 0 Å². The van der Waals surface area contributed by atoms with E-state index in [9.17, 15) is 4.21 Å². The molecule has 0 aliphatic heterocycles. The van der Waals surface area contributed by atoms with E-state index >= 15 is 0 Å². The van der Waals surface area contributed by atoms with E-state index in [-0.39, 0.29) is 0 Å². The zero-order valence-electron chi connectivity index (χ0n) is 13.7. The van der Waals surface area contributed by atoms with Crippen LogP contribution in [0.5, 0.6) is 0 Å². The van der Waals surface area contributed by atoms with Crippen molar-refractivity contribution in [2.75, 3.05) is 5.75 Å². The molecule has 2 heteroatoms. The molecule has 0 radical (unpaired) electrons. The molecular weight excluding hydrogens is 264 g/mol. The molecule has 0 saturated carbocycles. The van der Waals surface area contributed by atoms with Gasteiger partial charge in [-0.3, -0.25) is 4.21 Å². The molecule has 1 rings (SSSR count). The Labute approximate surface area is 126 Å². The summed E-state index contributed by atoms with van der Waals surface area (Å²) in [5.41, 5.74) is 3.82. The Morgan fingerprint density at radius 3 is 1.75 bits per heavy atom. The zero-order valence-corrected chi connectivity index (χ0v) is 14.5. The van der Waals surface area contributed by atoms with Crippen molar-refractivity contribution in [1.82, 2.24) is 0 Å². The van der Waals surface area contributed by atoms with Crippen LogP contribution in [-0.4, -0.2) is 9.96 Å². The van der Waals surface area contributed by atoms with Gasteiger partial charge in [-0.15, -0.1) is 6.58 Å². The van der Waals surface area contributed by atoms with Crippen LogP contribution in [0.25, 0.3) is 0 Å². The monoisotopic (exact) mass is 292 g/mol. The van der Waals surface area contributed by atoms with Crippen LogP contribution in [0.4, 0.5) is 0 Å². The molecule has 1 nitrogen and oxygen atoms in total. The molecule has 0 bridgehead atoms. The van der Waals surface area contributed by atoms with Crippen molar-refractivity contribution in [2.24, 2.45) is 0 Å². The molecule has 20 heavy (non-hydrogen) atoms. The largest absolute Gasteiger partial charge is 0.254 e. The number of rotatable bonds is 6. The Balaban J connectivity index is 3.59. The maximum Gasteiger partial charge on any atom is 0.0573 e. The first-order valence-electron chi connectivity index (χ1n) is 7.46. The lowest BCUT2D eigenvalue weighted by Gasteiger charge is -2.22. The molecule has 0 aliphatic carbocycles. The van der Waals surface area contributed by atoms with Crippen molar-refractivity contribution in [3.8, 4) is 0 Å². The topological polar surface area (TPSA) is 17.1 Å². The average molecular weight is 292 g/mol. The van der Waals surface area contributed by atoms with Gasteiger partial charge in [0.25, 0.3) is 0 Å². The smallest absolute Gasteiger partial charge is 0.0573 e. The van der Waals surface area contributed by atoms with E-state index in [1.165, 1.54) is 16.7 Å². The molecule has 0 heterocycles. The van der Waals surface area contributed by atoms with Gasteiger partial charge in [-0.2, -0.15) is 0 Å². The van der Waals surface area contributed by atoms with Crippen LogP contribution in [-0.2, 0) is 10.8 Å². The van der Waals surface area contributed by atoms with Gasteiger partial charge in [0.2, 0.25) is 0 Å². The SMILES string of the molecule is C=CCS(=O)c1c(C(C)C)cc(C(C)C)cc1C(C)C. The number of benzene rings is 1. The Morgan fingerprint density at radius 2 is 1.45 bits per heavy atom. The van der Waals surface area contributed by atoms with E-state index in [0.717, 1.165) is 4.90 Å². The molecule has 1 aromatic rings. The van der Waals surface area contributed by atoms with Gasteiger partial charge in [0, 0.05) is 10.6 Å². The summed E-state index contributed by atoms with van der Waals surface area (Å²) in [5, 5.41) is 0. The first kappa shape index (κ1) is 17.2. The average Bonchev–Trinajstić information content (AvgIpc) is 2.36. The van der Waals surface area contributed by atoms with Gasteiger partial charge in [0.15, 0.2) is 0 Å². The quantitative estimate of drug-likeness (QED) is 0.646. The van der Waals surface area contributed by atoms with Gasteiger partial charge in [0.1, 0.15) is 0 Å². The third-order valence-corrected chi connectivity index (χ3v) is 5.04. The lowest BCUT2D eigenvalue weighted by Crippen LogP contribution is -2.09. The number of hydrogen-bond donors (Lipinski definition) is 0. The first-order chi connectivity index (χ1) is 9.29. The highest BCUT2D eigenvalue weighted by Crippen LogP contribution is 2.34. The molecule has 0 spiro atoms. The second-order valence-corrected chi connectivity index (χ2v) is 7.73. The summed E-state index contributed by atoms with van der Waals surface area (Å²) >= 11 is 0. The third kappa shape index (κ3) is 3.82. The van der Waals surface area contributed by atoms with Crippen molar-refractivity contribution >= 4 is 10.8 Å². The van der Waals surface area contributed by atoms with E-state index in [2.05, 4.69) is 60.3 Å². The van der Waals surface area contributed by atoms with Crippen molar-refractivity contribution < 1.29 is 4.21 Å². The van der Waals surface area contributed by atoms with E-state index in [4.69, 9.17) is 0 Å². The Kier molecular flexibility index (Phi) is 6.19. The summed E-state index contributed by atoms with van der Waals surface area (Å²) in [5.74, 6) is 1.79. The van der Waals surface area contributed by atoms with Gasteiger partial charge in [0.05, 0.1) is 10.8 Å². The molecule has 1 unspecified atom stereocenters. The van der Waals surface area contributed by atoms with Crippen LogP contribution >= 0.6 is 0 Å². The fourth-order valence-corrected chi connectivity index (χ4v) is 3.84.